The van der Waals surface area contributed by atoms with Crippen LogP contribution in [0.1, 0.15) is 16.7 Å². The Labute approximate surface area is 181 Å². The molecule has 0 aliphatic carbocycles. The van der Waals surface area contributed by atoms with Crippen molar-refractivity contribution < 1.29 is 14.4 Å². The molecular formula is C26H24N2O3. The Bertz CT molecular complexity index is 1140. The number of carbonyl (C=O) groups is 3. The Morgan fingerprint density at radius 1 is 0.839 bits per heavy atom. The van der Waals surface area contributed by atoms with Crippen molar-refractivity contribution in [2.45, 2.75) is 20.3 Å². The molecule has 1 saturated heterocycles. The van der Waals surface area contributed by atoms with Crippen LogP contribution in [0.5, 0.6) is 0 Å². The lowest BCUT2D eigenvalue weighted by Gasteiger charge is -2.43. The number of aryl methyl sites for hydroxylation is 2. The molecule has 0 radical (unpaired) electrons. The molecule has 0 bridgehead atoms. The number of carbonyl (C=O) groups excluding carboxylic acids is 3. The lowest BCUT2D eigenvalue weighted by molar-refractivity contribution is -0.133. The van der Waals surface area contributed by atoms with Crippen molar-refractivity contribution in [3.8, 4) is 0 Å². The van der Waals surface area contributed by atoms with Crippen LogP contribution in [0.3, 0.4) is 0 Å². The minimum absolute atomic E-state index is 0.00513. The van der Waals surface area contributed by atoms with Crippen molar-refractivity contribution in [2.24, 2.45) is 5.41 Å². The van der Waals surface area contributed by atoms with Gasteiger partial charge in [-0.1, -0.05) is 54.6 Å². The zero-order valence-corrected chi connectivity index (χ0v) is 17.6. The van der Waals surface area contributed by atoms with Crippen LogP contribution in [-0.4, -0.2) is 24.8 Å². The molecule has 3 amide bonds. The van der Waals surface area contributed by atoms with Gasteiger partial charge in [-0.15, -0.1) is 0 Å². The molecule has 31 heavy (non-hydrogen) atoms. The number of imide groups is 1. The smallest absolute Gasteiger partial charge is 0.302 e. The first kappa shape index (κ1) is 20.5. The molecule has 0 saturated carbocycles. The van der Waals surface area contributed by atoms with E-state index in [2.05, 4.69) is 0 Å². The molecule has 0 spiro atoms. The predicted molar refractivity (Wildman–Crippen MR) is 121 cm³/mol. The number of hydrogen-bond donors (Lipinski definition) is 0. The van der Waals surface area contributed by atoms with Gasteiger partial charge in [0.05, 0.1) is 5.69 Å². The highest BCUT2D eigenvalue weighted by atomic mass is 16.2. The molecule has 4 rings (SSSR count). The van der Waals surface area contributed by atoms with Gasteiger partial charge in [0.2, 0.25) is 0 Å². The molecule has 1 fully saturated rings. The van der Waals surface area contributed by atoms with Gasteiger partial charge in [-0.2, -0.15) is 0 Å². The third-order valence-electron chi connectivity index (χ3n) is 5.65. The van der Waals surface area contributed by atoms with E-state index in [9.17, 15) is 14.4 Å². The van der Waals surface area contributed by atoms with Crippen molar-refractivity contribution >= 4 is 29.6 Å². The first-order chi connectivity index (χ1) is 14.9. The summed E-state index contributed by atoms with van der Waals surface area (Å²) in [6.45, 7) is 3.84. The van der Waals surface area contributed by atoms with Gasteiger partial charge in [-0.25, -0.2) is 9.69 Å². The molecule has 5 heteroatoms. The standard InChI is InChI=1S/C26H24N2O3/c1-19-8-6-12-22(14-19)27-17-26(18-29,16-21-10-4-3-5-11-21)24(30)28(25(27)31)23-13-7-9-20(2)15-23/h3-15,18H,16-17H2,1-2H3. The first-order valence-electron chi connectivity index (χ1n) is 10.2. The summed E-state index contributed by atoms with van der Waals surface area (Å²) in [6.07, 6.45) is 0.925. The number of urea groups is 1. The van der Waals surface area contributed by atoms with Crippen LogP contribution in [0.4, 0.5) is 16.2 Å². The van der Waals surface area contributed by atoms with Crippen LogP contribution in [0, 0.1) is 19.3 Å². The van der Waals surface area contributed by atoms with E-state index in [0.29, 0.717) is 17.7 Å². The molecule has 3 aromatic carbocycles. The van der Waals surface area contributed by atoms with E-state index < -0.39 is 17.4 Å². The second-order valence-electron chi connectivity index (χ2n) is 8.12. The fraction of sp³-hybridized carbons (Fsp3) is 0.192. The van der Waals surface area contributed by atoms with Gasteiger partial charge < -0.3 is 4.79 Å². The number of benzene rings is 3. The number of nitrogens with zero attached hydrogens (tertiary/aromatic N) is 2. The van der Waals surface area contributed by atoms with Crippen LogP contribution in [-0.2, 0) is 16.0 Å². The first-order valence-corrected chi connectivity index (χ1v) is 10.2. The van der Waals surface area contributed by atoms with Gasteiger partial charge in [-0.05, 0) is 61.2 Å². The fourth-order valence-electron chi connectivity index (χ4n) is 4.06. The average Bonchev–Trinajstić information content (AvgIpc) is 2.77. The van der Waals surface area contributed by atoms with Crippen LogP contribution in [0.15, 0.2) is 78.9 Å². The molecule has 1 atom stereocenters. The minimum Gasteiger partial charge on any atom is -0.302 e. The maximum absolute atomic E-state index is 13.7. The molecule has 0 aromatic heterocycles. The Morgan fingerprint density at radius 3 is 2.06 bits per heavy atom. The summed E-state index contributed by atoms with van der Waals surface area (Å²) in [5.41, 5.74) is 2.52. The Kier molecular flexibility index (Phi) is 5.42. The molecule has 5 nitrogen and oxygen atoms in total. The molecule has 1 aliphatic heterocycles. The number of amides is 3. The topological polar surface area (TPSA) is 57.7 Å². The number of aldehydes is 1. The Balaban J connectivity index is 1.85. The van der Waals surface area contributed by atoms with E-state index >= 15 is 0 Å². The van der Waals surface area contributed by atoms with Crippen molar-refractivity contribution in [1.82, 2.24) is 0 Å². The monoisotopic (exact) mass is 412 g/mol. The van der Waals surface area contributed by atoms with E-state index in [1.54, 1.807) is 18.2 Å². The molecule has 156 valence electrons. The van der Waals surface area contributed by atoms with Crippen LogP contribution < -0.4 is 9.80 Å². The summed E-state index contributed by atoms with van der Waals surface area (Å²) >= 11 is 0. The second-order valence-corrected chi connectivity index (χ2v) is 8.12. The van der Waals surface area contributed by atoms with E-state index in [4.69, 9.17) is 0 Å². The third-order valence-corrected chi connectivity index (χ3v) is 5.65. The maximum Gasteiger partial charge on any atom is 0.335 e. The zero-order chi connectivity index (χ0) is 22.0. The van der Waals surface area contributed by atoms with Gasteiger partial charge >= 0.3 is 6.03 Å². The predicted octanol–water partition coefficient (Wildman–Crippen LogP) is 4.70. The van der Waals surface area contributed by atoms with Gasteiger partial charge in [0.1, 0.15) is 11.7 Å². The highest BCUT2D eigenvalue weighted by Gasteiger charge is 2.51. The lowest BCUT2D eigenvalue weighted by atomic mass is 9.79. The second kappa shape index (κ2) is 8.19. The fourth-order valence-corrected chi connectivity index (χ4v) is 4.06. The molecular weight excluding hydrogens is 388 g/mol. The summed E-state index contributed by atoms with van der Waals surface area (Å²) in [5.74, 6) is -0.495. The highest BCUT2D eigenvalue weighted by Crippen LogP contribution is 2.36. The number of rotatable bonds is 5. The Morgan fingerprint density at radius 2 is 1.45 bits per heavy atom. The van der Waals surface area contributed by atoms with Crippen molar-refractivity contribution in [2.75, 3.05) is 16.3 Å². The normalized spacial score (nSPS) is 18.9. The Hall–Kier alpha value is -3.73. The molecule has 3 aromatic rings. The SMILES string of the molecule is Cc1cccc(N2CC(C=O)(Cc3ccccc3)C(=O)N(c3cccc(C)c3)C2=O)c1. The van der Waals surface area contributed by atoms with Crippen molar-refractivity contribution in [3.05, 3.63) is 95.6 Å². The van der Waals surface area contributed by atoms with Gasteiger partial charge in [0, 0.05) is 12.2 Å². The van der Waals surface area contributed by atoms with Gasteiger partial charge in [0.25, 0.3) is 5.91 Å². The summed E-state index contributed by atoms with van der Waals surface area (Å²) in [6, 6.07) is 23.7. The van der Waals surface area contributed by atoms with Crippen LogP contribution >= 0.6 is 0 Å². The van der Waals surface area contributed by atoms with E-state index in [1.807, 2.05) is 74.5 Å². The maximum atomic E-state index is 13.7. The third kappa shape index (κ3) is 3.87. The van der Waals surface area contributed by atoms with Crippen LogP contribution in [0.25, 0.3) is 0 Å². The summed E-state index contributed by atoms with van der Waals surface area (Å²) < 4.78 is 0. The van der Waals surface area contributed by atoms with Gasteiger partial charge in [-0.3, -0.25) is 9.69 Å². The molecule has 0 N–H and O–H groups in total. The quantitative estimate of drug-likeness (QED) is 0.451. The molecule has 1 heterocycles. The minimum atomic E-state index is -1.39. The van der Waals surface area contributed by atoms with E-state index in [-0.39, 0.29) is 13.0 Å². The number of hydrogen-bond acceptors (Lipinski definition) is 3. The summed E-state index contributed by atoms with van der Waals surface area (Å²) in [5, 5.41) is 0. The van der Waals surface area contributed by atoms with Crippen LogP contribution in [0.2, 0.25) is 0 Å². The number of anilines is 2. The van der Waals surface area contributed by atoms with E-state index in [0.717, 1.165) is 21.6 Å². The van der Waals surface area contributed by atoms with Crippen molar-refractivity contribution in [1.29, 1.82) is 0 Å². The average molecular weight is 412 g/mol. The van der Waals surface area contributed by atoms with E-state index in [1.165, 1.54) is 4.90 Å². The molecule has 1 unspecified atom stereocenters. The van der Waals surface area contributed by atoms with Crippen molar-refractivity contribution in [3.63, 3.8) is 0 Å². The summed E-state index contributed by atoms with van der Waals surface area (Å²) in [7, 11) is 0. The lowest BCUT2D eigenvalue weighted by Crippen LogP contribution is -2.64. The largest absolute Gasteiger partial charge is 0.335 e. The zero-order valence-electron chi connectivity index (χ0n) is 17.6. The summed E-state index contributed by atoms with van der Waals surface area (Å²) in [4.78, 5) is 42.4. The highest BCUT2D eigenvalue weighted by molar-refractivity contribution is 6.26. The van der Waals surface area contributed by atoms with Gasteiger partial charge in [0.15, 0.2) is 0 Å². The molecule has 1 aliphatic rings.